The highest BCUT2D eigenvalue weighted by molar-refractivity contribution is 6.18. The van der Waals surface area contributed by atoms with Crippen LogP contribution in [0.3, 0.4) is 0 Å². The van der Waals surface area contributed by atoms with Crippen LogP contribution in [-0.4, -0.2) is 75.6 Å². The number of ketones is 1. The van der Waals surface area contributed by atoms with E-state index in [1.807, 2.05) is 12.1 Å². The summed E-state index contributed by atoms with van der Waals surface area (Å²) < 4.78 is 13.6. The van der Waals surface area contributed by atoms with E-state index in [1.54, 1.807) is 6.20 Å². The molecule has 5 fully saturated rings. The quantitative estimate of drug-likeness (QED) is 0.217. The second-order valence-corrected chi connectivity index (χ2v) is 13.5. The summed E-state index contributed by atoms with van der Waals surface area (Å²) in [5, 5.41) is 18.7. The van der Waals surface area contributed by atoms with Gasteiger partial charge >= 0.3 is 0 Å². The number of hydrogen-bond donors (Lipinski definition) is 4. The van der Waals surface area contributed by atoms with Crippen molar-refractivity contribution in [1.82, 2.24) is 19.9 Å². The average Bonchev–Trinajstić information content (AvgIpc) is 3.44. The SMILES string of the molecule is CN1CCN(c2ccc(Nc3nc(NC45CC6C[C@H](C4)C(O)[C@@H](C6)C5)c4c(C(=O)c5ccc(F)cc5)c[nH]c4n3)cc2)CC1. The molecule has 4 bridgehead atoms. The number of likely N-dealkylation sites (N-methyl/N-ethyl adjacent to an activating group) is 1. The first-order valence-electron chi connectivity index (χ1n) is 15.8. The molecular formula is C34H38FN7O2. The fourth-order valence-electron chi connectivity index (χ4n) is 8.47. The Labute approximate surface area is 255 Å². The zero-order chi connectivity index (χ0) is 30.0. The van der Waals surface area contributed by atoms with Crippen LogP contribution in [0.1, 0.15) is 48.0 Å². The first-order valence-corrected chi connectivity index (χ1v) is 15.8. The van der Waals surface area contributed by atoms with Crippen LogP contribution in [0.2, 0.25) is 0 Å². The van der Waals surface area contributed by atoms with E-state index in [-0.39, 0.29) is 35.1 Å². The fourth-order valence-corrected chi connectivity index (χ4v) is 8.47. The minimum atomic E-state index is -0.387. The van der Waals surface area contributed by atoms with Gasteiger partial charge in [0.25, 0.3) is 0 Å². The van der Waals surface area contributed by atoms with E-state index in [9.17, 15) is 14.3 Å². The normalized spacial score (nSPS) is 28.0. The molecule has 4 saturated carbocycles. The lowest BCUT2D eigenvalue weighted by molar-refractivity contribution is -0.0961. The molecule has 1 saturated heterocycles. The van der Waals surface area contributed by atoms with Crippen molar-refractivity contribution in [2.75, 3.05) is 48.8 Å². The van der Waals surface area contributed by atoms with Gasteiger partial charge in [0, 0.05) is 54.9 Å². The number of aromatic nitrogens is 3. The number of anilines is 4. The predicted octanol–water partition coefficient (Wildman–Crippen LogP) is 5.17. The number of piperazine rings is 1. The number of benzene rings is 2. The molecule has 1 aliphatic heterocycles. The second-order valence-electron chi connectivity index (χ2n) is 13.5. The van der Waals surface area contributed by atoms with E-state index in [4.69, 9.17) is 9.97 Å². The van der Waals surface area contributed by atoms with Gasteiger partial charge in [-0.1, -0.05) is 0 Å². The third-order valence-electron chi connectivity index (χ3n) is 10.5. The molecule has 3 unspecified atom stereocenters. The number of hydrogen-bond acceptors (Lipinski definition) is 8. The number of nitrogens with one attached hydrogen (secondary N) is 3. The number of nitrogens with zero attached hydrogens (tertiary/aromatic N) is 4. The Bertz CT molecular complexity index is 1680. The minimum Gasteiger partial charge on any atom is -0.393 e. The van der Waals surface area contributed by atoms with Crippen molar-refractivity contribution in [3.63, 3.8) is 0 Å². The van der Waals surface area contributed by atoms with Crippen molar-refractivity contribution < 1.29 is 14.3 Å². The van der Waals surface area contributed by atoms with Crippen LogP contribution in [0.5, 0.6) is 0 Å². The van der Waals surface area contributed by atoms with Gasteiger partial charge in [0.1, 0.15) is 17.3 Å². The molecule has 4 aromatic rings. The molecule has 9 rings (SSSR count). The first kappa shape index (κ1) is 27.5. The molecule has 2 aromatic heterocycles. The summed E-state index contributed by atoms with van der Waals surface area (Å²) in [7, 11) is 2.16. The van der Waals surface area contributed by atoms with E-state index < -0.39 is 0 Å². The Balaban J connectivity index is 1.14. The smallest absolute Gasteiger partial charge is 0.231 e. The lowest BCUT2D eigenvalue weighted by Crippen LogP contribution is -2.60. The van der Waals surface area contributed by atoms with E-state index in [0.717, 1.165) is 64.0 Å². The number of H-pyrrole nitrogens is 1. The van der Waals surface area contributed by atoms with E-state index >= 15 is 0 Å². The molecule has 5 aliphatic rings. The molecule has 2 aromatic carbocycles. The molecule has 3 heterocycles. The van der Waals surface area contributed by atoms with Crippen LogP contribution in [0.4, 0.5) is 27.5 Å². The minimum absolute atomic E-state index is 0.189. The number of aliphatic hydroxyl groups is 1. The van der Waals surface area contributed by atoms with Crippen molar-refractivity contribution >= 4 is 40.0 Å². The molecule has 0 amide bonds. The zero-order valence-electron chi connectivity index (χ0n) is 24.9. The van der Waals surface area contributed by atoms with Crippen molar-refractivity contribution in [2.45, 2.75) is 43.7 Å². The number of carbonyl (C=O) groups excluding carboxylic acids is 1. The molecule has 4 N–H and O–H groups in total. The van der Waals surface area contributed by atoms with E-state index in [0.29, 0.717) is 39.8 Å². The summed E-state index contributed by atoms with van der Waals surface area (Å²) in [4.78, 5) is 31.4. The number of halogens is 1. The molecule has 9 nitrogen and oxygen atoms in total. The Morgan fingerprint density at radius 3 is 2.39 bits per heavy atom. The molecule has 0 spiro atoms. The Morgan fingerprint density at radius 1 is 0.977 bits per heavy atom. The number of aliphatic hydroxyl groups excluding tert-OH is 1. The van der Waals surface area contributed by atoms with Gasteiger partial charge < -0.3 is 30.5 Å². The van der Waals surface area contributed by atoms with Crippen molar-refractivity contribution in [1.29, 1.82) is 0 Å². The molecule has 5 atom stereocenters. The van der Waals surface area contributed by atoms with Crippen LogP contribution in [0, 0.1) is 23.6 Å². The highest BCUT2D eigenvalue weighted by Crippen LogP contribution is 2.57. The molecule has 44 heavy (non-hydrogen) atoms. The summed E-state index contributed by atoms with van der Waals surface area (Å²) in [5.41, 5.74) is 3.28. The van der Waals surface area contributed by atoms with Crippen LogP contribution >= 0.6 is 0 Å². The van der Waals surface area contributed by atoms with Gasteiger partial charge in [-0.2, -0.15) is 9.97 Å². The summed E-state index contributed by atoms with van der Waals surface area (Å²) in [6.45, 7) is 4.11. The summed E-state index contributed by atoms with van der Waals surface area (Å²) >= 11 is 0. The number of aromatic amines is 1. The monoisotopic (exact) mass is 595 g/mol. The number of rotatable bonds is 7. The van der Waals surface area contributed by atoms with E-state index in [1.165, 1.54) is 30.0 Å². The maximum Gasteiger partial charge on any atom is 0.231 e. The Morgan fingerprint density at radius 2 is 1.68 bits per heavy atom. The highest BCUT2D eigenvalue weighted by atomic mass is 19.1. The van der Waals surface area contributed by atoms with Crippen LogP contribution < -0.4 is 15.5 Å². The number of fused-ring (bicyclic) bond motifs is 1. The Kier molecular flexibility index (Phi) is 6.60. The van der Waals surface area contributed by atoms with Gasteiger partial charge in [0.05, 0.1) is 17.1 Å². The lowest BCUT2D eigenvalue weighted by atomic mass is 9.52. The van der Waals surface area contributed by atoms with Gasteiger partial charge in [-0.05, 0) is 105 Å². The topological polar surface area (TPSA) is 109 Å². The third-order valence-corrected chi connectivity index (χ3v) is 10.5. The maximum atomic E-state index is 13.7. The van der Waals surface area contributed by atoms with Crippen molar-refractivity contribution in [2.24, 2.45) is 17.8 Å². The van der Waals surface area contributed by atoms with Crippen molar-refractivity contribution in [3.05, 3.63) is 71.7 Å². The standard InChI is InChI=1S/C34H38FN7O2/c1-41-10-12-42(13-11-41)26-8-6-25(7-9-26)37-33-38-31-28(27(19-36-31)30(44)21-2-4-24(35)5-3-21)32(39-33)40-34-16-20-14-22(17-34)29(43)23(15-20)18-34/h2-9,19-20,22-23,29,43H,10-18H2,1H3,(H3,36,37,38,39,40)/t20?,22-,23+,29?,34?. The van der Waals surface area contributed by atoms with Crippen LogP contribution in [-0.2, 0) is 0 Å². The van der Waals surface area contributed by atoms with Crippen molar-refractivity contribution in [3.8, 4) is 0 Å². The molecular weight excluding hydrogens is 557 g/mol. The molecule has 228 valence electrons. The van der Waals surface area contributed by atoms with Gasteiger partial charge in [0.2, 0.25) is 5.95 Å². The van der Waals surface area contributed by atoms with Gasteiger partial charge in [-0.15, -0.1) is 0 Å². The lowest BCUT2D eigenvalue weighted by Gasteiger charge is -2.59. The summed E-state index contributed by atoms with van der Waals surface area (Å²) in [6.07, 6.45) is 6.39. The molecule has 0 radical (unpaired) electrons. The first-order chi connectivity index (χ1) is 21.3. The predicted molar refractivity (Wildman–Crippen MR) is 169 cm³/mol. The largest absolute Gasteiger partial charge is 0.393 e. The Hall–Kier alpha value is -4.02. The van der Waals surface area contributed by atoms with Gasteiger partial charge in [0.15, 0.2) is 5.78 Å². The summed E-state index contributed by atoms with van der Waals surface area (Å²) in [6, 6.07) is 14.0. The van der Waals surface area contributed by atoms with Crippen LogP contribution in [0.15, 0.2) is 54.7 Å². The second kappa shape index (κ2) is 10.6. The third kappa shape index (κ3) is 4.90. The zero-order valence-corrected chi connectivity index (χ0v) is 24.9. The summed E-state index contributed by atoms with van der Waals surface area (Å²) in [5.74, 6) is 1.59. The van der Waals surface area contributed by atoms with Gasteiger partial charge in [-0.3, -0.25) is 4.79 Å². The number of carbonyl (C=O) groups is 1. The molecule has 10 heteroatoms. The van der Waals surface area contributed by atoms with Crippen LogP contribution in [0.25, 0.3) is 11.0 Å². The van der Waals surface area contributed by atoms with E-state index in [2.05, 4.69) is 44.6 Å². The van der Waals surface area contributed by atoms with Gasteiger partial charge in [-0.25, -0.2) is 4.39 Å². The highest BCUT2D eigenvalue weighted by Gasteiger charge is 2.55. The fraction of sp³-hybridized carbons (Fsp3) is 0.441. The maximum absolute atomic E-state index is 13.7. The average molecular weight is 596 g/mol. The molecule has 4 aliphatic carbocycles.